The van der Waals surface area contributed by atoms with Gasteiger partial charge in [-0.05, 0) is 31.0 Å². The van der Waals surface area contributed by atoms with Crippen molar-refractivity contribution in [1.82, 2.24) is 15.1 Å². The third-order valence-electron chi connectivity index (χ3n) is 4.31. The molecule has 11 heteroatoms. The molecule has 1 atom stereocenters. The number of ether oxygens (including phenoxy) is 1. The van der Waals surface area contributed by atoms with Crippen LogP contribution in [0.5, 0.6) is 0 Å². The third-order valence-corrected chi connectivity index (χ3v) is 4.31. The lowest BCUT2D eigenvalue weighted by molar-refractivity contribution is -0.137. The van der Waals surface area contributed by atoms with Crippen LogP contribution >= 0.6 is 0 Å². The number of hydrogen-bond acceptors (Lipinski definition) is 5. The van der Waals surface area contributed by atoms with Gasteiger partial charge in [-0.2, -0.15) is 18.3 Å². The van der Waals surface area contributed by atoms with Crippen LogP contribution in [0.25, 0.3) is 0 Å². The lowest BCUT2D eigenvalue weighted by Gasteiger charge is -2.15. The number of amides is 2. The van der Waals surface area contributed by atoms with E-state index in [0.29, 0.717) is 12.0 Å². The molecule has 0 radical (unpaired) electrons. The van der Waals surface area contributed by atoms with E-state index in [2.05, 4.69) is 15.7 Å². The second-order valence-corrected chi connectivity index (χ2v) is 6.75. The van der Waals surface area contributed by atoms with E-state index in [0.717, 1.165) is 18.6 Å². The normalized spacial score (nSPS) is 12.3. The lowest BCUT2D eigenvalue weighted by Crippen LogP contribution is -2.31. The maximum atomic E-state index is 12.6. The topological polar surface area (TPSA) is 105 Å². The molecule has 170 valence electrons. The summed E-state index contributed by atoms with van der Waals surface area (Å²) in [5.74, 6) is -0.629. The van der Waals surface area contributed by atoms with Gasteiger partial charge in [0.25, 0.3) is 0 Å². The standard InChI is InChI=1S/C20H25F3N4O4/c1-3-5-15(28)12-27-17(16(11-25-27)18(29)31-4-2)26-19(30)24-10-13-6-8-14(9-7-13)20(21,22)23/h6-9,11,15,28H,3-5,10,12H2,1-2H3,(H2,24,26,30). The molecule has 0 saturated heterocycles. The van der Waals surface area contributed by atoms with Crippen molar-refractivity contribution in [2.75, 3.05) is 11.9 Å². The van der Waals surface area contributed by atoms with Gasteiger partial charge in [0.15, 0.2) is 0 Å². The van der Waals surface area contributed by atoms with Crippen LogP contribution in [0.2, 0.25) is 0 Å². The number of aliphatic hydroxyl groups is 1. The maximum absolute atomic E-state index is 12.6. The highest BCUT2D eigenvalue weighted by molar-refractivity contribution is 5.99. The van der Waals surface area contributed by atoms with Crippen molar-refractivity contribution in [3.05, 3.63) is 47.2 Å². The van der Waals surface area contributed by atoms with E-state index < -0.39 is 29.8 Å². The Kier molecular flexibility index (Phi) is 8.43. The van der Waals surface area contributed by atoms with Crippen molar-refractivity contribution >= 4 is 17.8 Å². The van der Waals surface area contributed by atoms with Crippen LogP contribution in [0.1, 0.15) is 48.2 Å². The Bertz CT molecular complexity index is 882. The summed E-state index contributed by atoms with van der Waals surface area (Å²) in [5.41, 5.74) is -0.301. The van der Waals surface area contributed by atoms with E-state index in [-0.39, 0.29) is 31.1 Å². The van der Waals surface area contributed by atoms with Crippen LogP contribution in [0.15, 0.2) is 30.5 Å². The quantitative estimate of drug-likeness (QED) is 0.515. The fraction of sp³-hybridized carbons (Fsp3) is 0.450. The number of nitrogens with one attached hydrogen (secondary N) is 2. The molecule has 1 heterocycles. The summed E-state index contributed by atoms with van der Waals surface area (Å²) >= 11 is 0. The van der Waals surface area contributed by atoms with E-state index in [1.54, 1.807) is 6.92 Å². The molecule has 3 N–H and O–H groups in total. The zero-order chi connectivity index (χ0) is 23.0. The van der Waals surface area contributed by atoms with Gasteiger partial charge in [0, 0.05) is 6.54 Å². The Morgan fingerprint density at radius 3 is 2.48 bits per heavy atom. The number of esters is 1. The van der Waals surface area contributed by atoms with Crippen LogP contribution in [0.4, 0.5) is 23.8 Å². The van der Waals surface area contributed by atoms with Crippen LogP contribution in [0.3, 0.4) is 0 Å². The average molecular weight is 442 g/mol. The SMILES string of the molecule is CCCC(O)Cn1ncc(C(=O)OCC)c1NC(=O)NCc1ccc(C(F)(F)F)cc1. The molecular weight excluding hydrogens is 417 g/mol. The summed E-state index contributed by atoms with van der Waals surface area (Å²) in [5, 5.41) is 19.1. The predicted molar refractivity (Wildman–Crippen MR) is 106 cm³/mol. The highest BCUT2D eigenvalue weighted by Crippen LogP contribution is 2.29. The molecule has 1 aromatic carbocycles. The van der Waals surface area contributed by atoms with Gasteiger partial charge in [-0.1, -0.05) is 25.5 Å². The average Bonchev–Trinajstić information content (AvgIpc) is 3.08. The monoisotopic (exact) mass is 442 g/mol. The molecular formula is C20H25F3N4O4. The Hall–Kier alpha value is -3.08. The molecule has 1 aromatic heterocycles. The summed E-state index contributed by atoms with van der Waals surface area (Å²) in [7, 11) is 0. The van der Waals surface area contributed by atoms with Gasteiger partial charge < -0.3 is 15.2 Å². The number of benzene rings is 1. The minimum absolute atomic E-state index is 0.0234. The molecule has 8 nitrogen and oxygen atoms in total. The van der Waals surface area contributed by atoms with Crippen molar-refractivity contribution in [2.45, 2.75) is 52.1 Å². The summed E-state index contributed by atoms with van der Waals surface area (Å²) in [6, 6.07) is 3.68. The van der Waals surface area contributed by atoms with E-state index in [9.17, 15) is 27.9 Å². The van der Waals surface area contributed by atoms with Crippen LogP contribution < -0.4 is 10.6 Å². The Morgan fingerprint density at radius 1 is 1.23 bits per heavy atom. The zero-order valence-corrected chi connectivity index (χ0v) is 17.2. The van der Waals surface area contributed by atoms with E-state index >= 15 is 0 Å². The number of carbonyl (C=O) groups excluding carboxylic acids is 2. The van der Waals surface area contributed by atoms with Crippen molar-refractivity contribution in [3.63, 3.8) is 0 Å². The highest BCUT2D eigenvalue weighted by atomic mass is 19.4. The first-order valence-electron chi connectivity index (χ1n) is 9.77. The van der Waals surface area contributed by atoms with Crippen molar-refractivity contribution in [3.8, 4) is 0 Å². The second kappa shape index (κ2) is 10.8. The molecule has 2 rings (SSSR count). The number of anilines is 1. The molecule has 0 aliphatic carbocycles. The van der Waals surface area contributed by atoms with E-state index in [1.807, 2.05) is 6.92 Å². The molecule has 1 unspecified atom stereocenters. The number of nitrogens with zero attached hydrogens (tertiary/aromatic N) is 2. The van der Waals surface area contributed by atoms with Gasteiger partial charge in [-0.25, -0.2) is 14.3 Å². The van der Waals surface area contributed by atoms with Crippen molar-refractivity contribution < 1.29 is 32.6 Å². The summed E-state index contributed by atoms with van der Waals surface area (Å²) < 4.78 is 44.2. The number of urea groups is 1. The second-order valence-electron chi connectivity index (χ2n) is 6.75. The van der Waals surface area contributed by atoms with Gasteiger partial charge in [-0.15, -0.1) is 0 Å². The smallest absolute Gasteiger partial charge is 0.416 e. The zero-order valence-electron chi connectivity index (χ0n) is 17.2. The first-order chi connectivity index (χ1) is 14.7. The fourth-order valence-corrected chi connectivity index (χ4v) is 2.78. The Labute approximate surface area is 177 Å². The van der Waals surface area contributed by atoms with Crippen LogP contribution in [-0.4, -0.2) is 39.6 Å². The van der Waals surface area contributed by atoms with Gasteiger partial charge in [0.1, 0.15) is 11.4 Å². The van der Waals surface area contributed by atoms with Gasteiger partial charge in [0.05, 0.1) is 31.0 Å². The fourth-order valence-electron chi connectivity index (χ4n) is 2.78. The lowest BCUT2D eigenvalue weighted by atomic mass is 10.1. The first kappa shape index (κ1) is 24.2. The molecule has 0 aliphatic heterocycles. The van der Waals surface area contributed by atoms with E-state index in [4.69, 9.17) is 4.74 Å². The number of hydrogen-bond donors (Lipinski definition) is 3. The minimum atomic E-state index is -4.44. The maximum Gasteiger partial charge on any atom is 0.416 e. The number of alkyl halides is 3. The molecule has 0 saturated carbocycles. The first-order valence-corrected chi connectivity index (χ1v) is 9.77. The summed E-state index contributed by atoms with van der Waals surface area (Å²) in [6.45, 7) is 3.69. The van der Waals surface area contributed by atoms with Crippen LogP contribution in [-0.2, 0) is 24.0 Å². The van der Waals surface area contributed by atoms with Crippen LogP contribution in [0, 0.1) is 0 Å². The molecule has 0 spiro atoms. The number of aliphatic hydroxyl groups excluding tert-OH is 1. The molecule has 31 heavy (non-hydrogen) atoms. The molecule has 0 aliphatic rings. The van der Waals surface area contributed by atoms with Crippen molar-refractivity contribution in [2.24, 2.45) is 0 Å². The highest BCUT2D eigenvalue weighted by Gasteiger charge is 2.30. The summed E-state index contributed by atoms with van der Waals surface area (Å²) in [4.78, 5) is 24.5. The predicted octanol–water partition coefficient (Wildman–Crippen LogP) is 3.56. The number of carbonyl (C=O) groups is 2. The molecule has 2 aromatic rings. The number of aromatic nitrogens is 2. The van der Waals surface area contributed by atoms with E-state index in [1.165, 1.54) is 23.0 Å². The number of rotatable bonds is 9. The molecule has 0 fully saturated rings. The molecule has 2 amide bonds. The Morgan fingerprint density at radius 2 is 1.90 bits per heavy atom. The number of halogens is 3. The minimum Gasteiger partial charge on any atom is -0.462 e. The largest absolute Gasteiger partial charge is 0.462 e. The summed E-state index contributed by atoms with van der Waals surface area (Å²) in [6.07, 6.45) is -2.68. The van der Waals surface area contributed by atoms with Gasteiger partial charge >= 0.3 is 18.2 Å². The molecule has 0 bridgehead atoms. The Balaban J connectivity index is 2.09. The third kappa shape index (κ3) is 6.99. The van der Waals surface area contributed by atoms with Crippen molar-refractivity contribution in [1.29, 1.82) is 0 Å². The van der Waals surface area contributed by atoms with Gasteiger partial charge in [0.2, 0.25) is 0 Å². The van der Waals surface area contributed by atoms with Gasteiger partial charge in [-0.3, -0.25) is 5.32 Å².